The van der Waals surface area contributed by atoms with Crippen LogP contribution in [-0.4, -0.2) is 32.6 Å². The molecule has 4 heteroatoms. The fraction of sp³-hybridized carbons (Fsp3) is 0.909. The number of carbonyl (C=O) groups excluding carboxylic acids is 1. The van der Waals surface area contributed by atoms with Crippen molar-refractivity contribution >= 4 is 5.97 Å². The zero-order valence-corrected chi connectivity index (χ0v) is 10.8. The van der Waals surface area contributed by atoms with Gasteiger partial charge in [-0.05, 0) is 27.2 Å². The number of esters is 1. The summed E-state index contributed by atoms with van der Waals surface area (Å²) in [5.41, 5.74) is 0. The molecule has 0 aliphatic rings. The summed E-state index contributed by atoms with van der Waals surface area (Å²) in [5, 5.41) is 0. The Labute approximate surface area is 92.9 Å². The first-order valence-corrected chi connectivity index (χ1v) is 5.19. The second-order valence-corrected chi connectivity index (χ2v) is 3.36. The van der Waals surface area contributed by atoms with E-state index in [9.17, 15) is 4.79 Å². The number of ether oxygens (including phenoxy) is 3. The van der Waals surface area contributed by atoms with Gasteiger partial charge in [-0.25, -0.2) is 0 Å². The molecule has 0 aliphatic heterocycles. The summed E-state index contributed by atoms with van der Waals surface area (Å²) >= 11 is 0. The molecule has 0 spiro atoms. The number of methoxy groups -OCH3 is 2. The summed E-state index contributed by atoms with van der Waals surface area (Å²) in [4.78, 5) is 10.4. The van der Waals surface area contributed by atoms with Gasteiger partial charge in [-0.3, -0.25) is 4.79 Å². The molecule has 0 saturated heterocycles. The molecule has 0 aromatic carbocycles. The van der Waals surface area contributed by atoms with E-state index in [0.717, 1.165) is 6.42 Å². The van der Waals surface area contributed by atoms with Gasteiger partial charge in [0.05, 0.1) is 6.61 Å². The molecule has 0 heterocycles. The molecule has 0 unspecified atom stereocenters. The van der Waals surface area contributed by atoms with Gasteiger partial charge in [0.25, 0.3) is 0 Å². The predicted molar refractivity (Wildman–Crippen MR) is 59.6 cm³/mol. The first-order chi connectivity index (χ1) is 6.93. The number of carbonyl (C=O) groups is 1. The van der Waals surface area contributed by atoms with Gasteiger partial charge in [0.2, 0.25) is 0 Å². The second kappa shape index (κ2) is 9.93. The predicted octanol–water partition coefficient (Wildman–Crippen LogP) is 2.36. The van der Waals surface area contributed by atoms with E-state index in [1.807, 2.05) is 27.7 Å². The zero-order valence-electron chi connectivity index (χ0n) is 10.8. The molecule has 0 atom stereocenters. The lowest BCUT2D eigenvalue weighted by molar-refractivity contribution is -0.178. The van der Waals surface area contributed by atoms with Gasteiger partial charge in [0, 0.05) is 20.6 Å². The van der Waals surface area contributed by atoms with Gasteiger partial charge in [0.15, 0.2) is 5.79 Å². The van der Waals surface area contributed by atoms with Gasteiger partial charge < -0.3 is 14.2 Å². The van der Waals surface area contributed by atoms with Crippen molar-refractivity contribution in [1.82, 2.24) is 0 Å². The van der Waals surface area contributed by atoms with Crippen LogP contribution in [0.2, 0.25) is 0 Å². The van der Waals surface area contributed by atoms with Gasteiger partial charge in [-0.15, -0.1) is 0 Å². The van der Waals surface area contributed by atoms with Gasteiger partial charge >= 0.3 is 5.97 Å². The van der Waals surface area contributed by atoms with E-state index in [2.05, 4.69) is 4.74 Å². The summed E-state index contributed by atoms with van der Waals surface area (Å²) in [7, 11) is 3.23. The Morgan fingerprint density at radius 2 is 1.60 bits per heavy atom. The van der Waals surface area contributed by atoms with Crippen LogP contribution in [0.25, 0.3) is 0 Å². The molecule has 4 nitrogen and oxygen atoms in total. The van der Waals surface area contributed by atoms with E-state index in [-0.39, 0.29) is 5.97 Å². The monoisotopic (exact) mass is 220 g/mol. The average molecular weight is 220 g/mol. The maximum Gasteiger partial charge on any atom is 0.305 e. The molecular weight excluding hydrogens is 196 g/mol. The molecule has 0 bridgehead atoms. The summed E-state index contributed by atoms with van der Waals surface area (Å²) < 4.78 is 14.4. The molecule has 0 radical (unpaired) electrons. The van der Waals surface area contributed by atoms with Crippen molar-refractivity contribution in [3.8, 4) is 0 Å². The summed E-state index contributed by atoms with van der Waals surface area (Å²) in [6.07, 6.45) is 1.42. The minimum Gasteiger partial charge on any atom is -0.466 e. The topological polar surface area (TPSA) is 44.8 Å². The van der Waals surface area contributed by atoms with E-state index >= 15 is 0 Å². The van der Waals surface area contributed by atoms with Crippen LogP contribution in [0.5, 0.6) is 0 Å². The number of hydrogen-bond donors (Lipinski definition) is 0. The standard InChI is InChI=1S/C6H12O2.C5H12O2/c1-3-5-6(7)8-4-2;1-5(2,6-3)7-4/h3-5H2,1-2H3;1-4H3. The minimum atomic E-state index is -0.417. The first kappa shape index (κ1) is 16.8. The Kier molecular flexibility index (Phi) is 11.1. The lowest BCUT2D eigenvalue weighted by Crippen LogP contribution is -2.24. The Morgan fingerprint density at radius 3 is 1.80 bits per heavy atom. The largest absolute Gasteiger partial charge is 0.466 e. The molecule has 15 heavy (non-hydrogen) atoms. The summed E-state index contributed by atoms with van der Waals surface area (Å²) in [6, 6.07) is 0. The van der Waals surface area contributed by atoms with Crippen LogP contribution in [-0.2, 0) is 19.0 Å². The zero-order chi connectivity index (χ0) is 12.3. The van der Waals surface area contributed by atoms with Crippen LogP contribution in [0.15, 0.2) is 0 Å². The van der Waals surface area contributed by atoms with Crippen LogP contribution < -0.4 is 0 Å². The smallest absolute Gasteiger partial charge is 0.305 e. The molecule has 0 fully saturated rings. The van der Waals surface area contributed by atoms with E-state index in [1.165, 1.54) is 0 Å². The highest BCUT2D eigenvalue weighted by atomic mass is 16.7. The highest BCUT2D eigenvalue weighted by Crippen LogP contribution is 2.05. The van der Waals surface area contributed by atoms with Gasteiger partial charge in [-0.1, -0.05) is 6.92 Å². The quantitative estimate of drug-likeness (QED) is 0.527. The fourth-order valence-corrected chi connectivity index (χ4v) is 0.521. The van der Waals surface area contributed by atoms with Crippen LogP contribution in [0, 0.1) is 0 Å². The molecule has 0 rings (SSSR count). The van der Waals surface area contributed by atoms with Crippen molar-refractivity contribution in [1.29, 1.82) is 0 Å². The van der Waals surface area contributed by atoms with E-state index in [4.69, 9.17) is 9.47 Å². The number of hydrogen-bond acceptors (Lipinski definition) is 4. The SMILES string of the molecule is CCCC(=O)OCC.COC(C)(C)OC. The molecule has 0 amide bonds. The van der Waals surface area contributed by atoms with Gasteiger partial charge in [-0.2, -0.15) is 0 Å². The Morgan fingerprint density at radius 1 is 1.13 bits per heavy atom. The molecule has 0 aromatic heterocycles. The fourth-order valence-electron chi connectivity index (χ4n) is 0.521. The van der Waals surface area contributed by atoms with Crippen LogP contribution in [0.3, 0.4) is 0 Å². The van der Waals surface area contributed by atoms with Crippen molar-refractivity contribution in [3.63, 3.8) is 0 Å². The van der Waals surface area contributed by atoms with Crippen molar-refractivity contribution in [2.75, 3.05) is 20.8 Å². The molecule has 0 N–H and O–H groups in total. The lowest BCUT2D eigenvalue weighted by atomic mass is 10.3. The third kappa shape index (κ3) is 13.4. The van der Waals surface area contributed by atoms with Crippen LogP contribution in [0.4, 0.5) is 0 Å². The van der Waals surface area contributed by atoms with Crippen molar-refractivity contribution in [2.24, 2.45) is 0 Å². The van der Waals surface area contributed by atoms with Gasteiger partial charge in [0.1, 0.15) is 0 Å². The summed E-state index contributed by atoms with van der Waals surface area (Å²) in [6.45, 7) is 7.98. The second-order valence-electron chi connectivity index (χ2n) is 3.36. The maximum absolute atomic E-state index is 10.4. The molecule has 0 aliphatic carbocycles. The van der Waals surface area contributed by atoms with Crippen molar-refractivity contribution in [2.45, 2.75) is 46.3 Å². The highest BCUT2D eigenvalue weighted by Gasteiger charge is 2.11. The average Bonchev–Trinajstić information content (AvgIpc) is 2.20. The Hall–Kier alpha value is -0.610. The first-order valence-electron chi connectivity index (χ1n) is 5.19. The Bertz CT molecular complexity index is 141. The number of rotatable bonds is 5. The molecule has 0 aromatic rings. The normalized spacial score (nSPS) is 10.3. The molecule has 0 saturated carbocycles. The van der Waals surface area contributed by atoms with E-state index < -0.39 is 5.79 Å². The third-order valence-corrected chi connectivity index (χ3v) is 1.74. The Balaban J connectivity index is 0. The minimum absolute atomic E-state index is 0.0880. The van der Waals surface area contributed by atoms with Crippen molar-refractivity contribution in [3.05, 3.63) is 0 Å². The van der Waals surface area contributed by atoms with E-state index in [0.29, 0.717) is 13.0 Å². The summed E-state index contributed by atoms with van der Waals surface area (Å²) in [5.74, 6) is -0.505. The third-order valence-electron chi connectivity index (χ3n) is 1.74. The van der Waals surface area contributed by atoms with E-state index in [1.54, 1.807) is 14.2 Å². The van der Waals surface area contributed by atoms with Crippen molar-refractivity contribution < 1.29 is 19.0 Å². The lowest BCUT2D eigenvalue weighted by Gasteiger charge is -2.19. The molecular formula is C11H24O4. The highest BCUT2D eigenvalue weighted by molar-refractivity contribution is 5.69. The van der Waals surface area contributed by atoms with Crippen LogP contribution in [0.1, 0.15) is 40.5 Å². The molecule has 92 valence electrons. The maximum atomic E-state index is 10.4. The van der Waals surface area contributed by atoms with Crippen LogP contribution >= 0.6 is 0 Å².